The van der Waals surface area contributed by atoms with Crippen LogP contribution in [0.25, 0.3) is 6.08 Å². The van der Waals surface area contributed by atoms with Gasteiger partial charge in [0.2, 0.25) is 5.91 Å². The molecule has 2 N–H and O–H groups in total. The molecule has 0 saturated carbocycles. The van der Waals surface area contributed by atoms with E-state index in [4.69, 9.17) is 0 Å². The van der Waals surface area contributed by atoms with Crippen LogP contribution in [-0.4, -0.2) is 22.8 Å². The van der Waals surface area contributed by atoms with E-state index in [2.05, 4.69) is 10.3 Å². The van der Waals surface area contributed by atoms with E-state index in [0.717, 1.165) is 11.0 Å². The zero-order chi connectivity index (χ0) is 14.4. The van der Waals surface area contributed by atoms with Crippen LogP contribution in [-0.2, 0) is 4.79 Å². The molecule has 5 heteroatoms. The van der Waals surface area contributed by atoms with E-state index in [1.54, 1.807) is 49.6 Å². The Hall–Kier alpha value is -2.40. The predicted molar refractivity (Wildman–Crippen MR) is 81.8 cm³/mol. The number of anilines is 1. The minimum Gasteiger partial charge on any atom is -0.447 e. The fourth-order valence-corrected chi connectivity index (χ4v) is 1.68. The molecule has 0 aliphatic carbocycles. The number of aromatic nitrogens is 1. The van der Waals surface area contributed by atoms with Gasteiger partial charge in [0.15, 0.2) is 0 Å². The first-order chi connectivity index (χ1) is 9.65. The van der Waals surface area contributed by atoms with Gasteiger partial charge in [0.05, 0.1) is 0 Å². The molecule has 20 heavy (non-hydrogen) atoms. The van der Waals surface area contributed by atoms with Crippen LogP contribution in [0.5, 0.6) is 0 Å². The summed E-state index contributed by atoms with van der Waals surface area (Å²) in [4.78, 5) is 15.7. The first-order valence-electron chi connectivity index (χ1n) is 6.32. The van der Waals surface area contributed by atoms with Gasteiger partial charge in [0.25, 0.3) is 0 Å². The summed E-state index contributed by atoms with van der Waals surface area (Å²) in [5, 5.41) is 12.2. The quantitative estimate of drug-likeness (QED) is 0.652. The number of carbonyl (C=O) groups excluding carboxylic acids is 1. The Balaban J connectivity index is 1.96. The summed E-state index contributed by atoms with van der Waals surface area (Å²) in [5.41, 5.74) is 2.37. The van der Waals surface area contributed by atoms with Gasteiger partial charge < -0.3 is 10.3 Å². The molecule has 2 rings (SSSR count). The molecule has 0 aliphatic rings. The number of nitrogens with zero attached hydrogens (tertiary/aromatic N) is 1. The molecule has 2 aromatic rings. The molecule has 100 valence electrons. The first kappa shape index (κ1) is 14.0. The molecular formula is C15H15BN2O2. The van der Waals surface area contributed by atoms with E-state index < -0.39 is 6.92 Å². The maximum atomic E-state index is 11.7. The van der Waals surface area contributed by atoms with Crippen LogP contribution >= 0.6 is 0 Å². The number of rotatable bonds is 4. The molecule has 0 aliphatic heterocycles. The normalized spacial score (nSPS) is 10.5. The Morgan fingerprint density at radius 2 is 2.05 bits per heavy atom. The molecule has 0 radical (unpaired) electrons. The van der Waals surface area contributed by atoms with Crippen molar-refractivity contribution in [3.8, 4) is 0 Å². The van der Waals surface area contributed by atoms with Crippen molar-refractivity contribution in [1.82, 2.24) is 4.98 Å². The van der Waals surface area contributed by atoms with Crippen molar-refractivity contribution < 1.29 is 9.82 Å². The first-order valence-corrected chi connectivity index (χ1v) is 6.32. The molecule has 0 unspecified atom stereocenters. The van der Waals surface area contributed by atoms with Crippen LogP contribution in [0.4, 0.5) is 5.69 Å². The Labute approximate surface area is 118 Å². The number of benzene rings is 1. The van der Waals surface area contributed by atoms with E-state index in [1.807, 2.05) is 12.1 Å². The van der Waals surface area contributed by atoms with Gasteiger partial charge in [0.1, 0.15) is 0 Å². The molecule has 1 amide bonds. The minimum absolute atomic E-state index is 0.210. The van der Waals surface area contributed by atoms with Crippen LogP contribution in [0.2, 0.25) is 6.82 Å². The van der Waals surface area contributed by atoms with Crippen molar-refractivity contribution in [2.45, 2.75) is 6.82 Å². The second-order valence-electron chi connectivity index (χ2n) is 4.41. The number of hydrogen-bond donors (Lipinski definition) is 2. The smallest absolute Gasteiger partial charge is 0.320 e. The molecule has 0 fully saturated rings. The van der Waals surface area contributed by atoms with Gasteiger partial charge in [-0.15, -0.1) is 0 Å². The summed E-state index contributed by atoms with van der Waals surface area (Å²) in [6.07, 6.45) is 6.52. The molecule has 0 bridgehead atoms. The fraction of sp³-hybridized carbons (Fsp3) is 0.0667. The fourth-order valence-electron chi connectivity index (χ4n) is 1.68. The van der Waals surface area contributed by atoms with Crippen LogP contribution in [0.15, 0.2) is 54.9 Å². The average molecular weight is 266 g/mol. The number of pyridine rings is 1. The van der Waals surface area contributed by atoms with E-state index in [9.17, 15) is 9.82 Å². The monoisotopic (exact) mass is 266 g/mol. The molecule has 1 aromatic carbocycles. The summed E-state index contributed by atoms with van der Waals surface area (Å²) in [6.45, 7) is 1.19. The highest BCUT2D eigenvalue weighted by Crippen LogP contribution is 2.05. The Kier molecular flexibility index (Phi) is 4.68. The van der Waals surface area contributed by atoms with Crippen LogP contribution in [0.3, 0.4) is 0 Å². The highest BCUT2D eigenvalue weighted by molar-refractivity contribution is 6.64. The lowest BCUT2D eigenvalue weighted by Crippen LogP contribution is -2.25. The van der Waals surface area contributed by atoms with Crippen molar-refractivity contribution >= 4 is 30.0 Å². The Morgan fingerprint density at radius 1 is 1.30 bits per heavy atom. The molecule has 0 atom stereocenters. The molecule has 4 nitrogen and oxygen atoms in total. The number of nitrogens with one attached hydrogen (secondary N) is 1. The van der Waals surface area contributed by atoms with E-state index in [0.29, 0.717) is 5.69 Å². The van der Waals surface area contributed by atoms with Crippen molar-refractivity contribution in [2.24, 2.45) is 0 Å². The topological polar surface area (TPSA) is 62.2 Å². The molecule has 1 aromatic heterocycles. The minimum atomic E-state index is -0.509. The summed E-state index contributed by atoms with van der Waals surface area (Å²) in [5.74, 6) is -0.210. The van der Waals surface area contributed by atoms with Crippen LogP contribution < -0.4 is 10.8 Å². The highest BCUT2D eigenvalue weighted by Gasteiger charge is 2.05. The summed E-state index contributed by atoms with van der Waals surface area (Å²) >= 11 is 0. The molecule has 1 heterocycles. The largest absolute Gasteiger partial charge is 0.447 e. The second kappa shape index (κ2) is 6.68. The SMILES string of the molecule is CB(O)c1ccc(NC(=O)/C=C/c2cccnc2)cc1. The predicted octanol–water partition coefficient (Wildman–Crippen LogP) is 1.55. The number of carbonyl (C=O) groups is 1. The molecule has 0 saturated heterocycles. The summed E-state index contributed by atoms with van der Waals surface area (Å²) < 4.78 is 0. The van der Waals surface area contributed by atoms with Gasteiger partial charge in [-0.3, -0.25) is 9.78 Å². The maximum absolute atomic E-state index is 11.7. The van der Waals surface area contributed by atoms with Gasteiger partial charge in [-0.1, -0.05) is 25.0 Å². The summed E-state index contributed by atoms with van der Waals surface area (Å²) in [6, 6.07) is 10.8. The van der Waals surface area contributed by atoms with Gasteiger partial charge in [-0.25, -0.2) is 0 Å². The van der Waals surface area contributed by atoms with Crippen molar-refractivity contribution in [2.75, 3.05) is 5.32 Å². The summed E-state index contributed by atoms with van der Waals surface area (Å²) in [7, 11) is 0. The Bertz CT molecular complexity index is 595. The van der Waals surface area contributed by atoms with Crippen LogP contribution in [0.1, 0.15) is 5.56 Å². The number of amides is 1. The number of hydrogen-bond acceptors (Lipinski definition) is 3. The maximum Gasteiger partial charge on any atom is 0.320 e. The third-order valence-electron chi connectivity index (χ3n) is 2.77. The lowest BCUT2D eigenvalue weighted by Gasteiger charge is -2.04. The third-order valence-corrected chi connectivity index (χ3v) is 2.77. The van der Waals surface area contributed by atoms with Crippen molar-refractivity contribution in [3.63, 3.8) is 0 Å². The van der Waals surface area contributed by atoms with Gasteiger partial charge in [-0.05, 0) is 35.3 Å². The van der Waals surface area contributed by atoms with E-state index in [1.165, 1.54) is 6.08 Å². The van der Waals surface area contributed by atoms with E-state index >= 15 is 0 Å². The van der Waals surface area contributed by atoms with Gasteiger partial charge in [0, 0.05) is 24.2 Å². The standard InChI is InChI=1S/C15H15BN2O2/c1-16(20)13-5-7-14(8-6-13)18-15(19)9-4-12-3-2-10-17-11-12/h2-11,20H,1H3,(H,18,19)/b9-4+. The van der Waals surface area contributed by atoms with Gasteiger partial charge in [-0.2, -0.15) is 0 Å². The van der Waals surface area contributed by atoms with E-state index in [-0.39, 0.29) is 5.91 Å². The Morgan fingerprint density at radius 3 is 2.65 bits per heavy atom. The molecular weight excluding hydrogens is 251 g/mol. The van der Waals surface area contributed by atoms with Gasteiger partial charge >= 0.3 is 6.92 Å². The van der Waals surface area contributed by atoms with Crippen LogP contribution in [0, 0.1) is 0 Å². The second-order valence-corrected chi connectivity index (χ2v) is 4.41. The lowest BCUT2D eigenvalue weighted by molar-refractivity contribution is -0.111. The average Bonchev–Trinajstić information content (AvgIpc) is 2.47. The third kappa shape index (κ3) is 4.07. The van der Waals surface area contributed by atoms with Crippen molar-refractivity contribution in [3.05, 3.63) is 60.4 Å². The lowest BCUT2D eigenvalue weighted by atomic mass is 9.64. The zero-order valence-corrected chi connectivity index (χ0v) is 11.2. The van der Waals surface area contributed by atoms with Crippen molar-refractivity contribution in [1.29, 1.82) is 0 Å². The molecule has 0 spiro atoms. The zero-order valence-electron chi connectivity index (χ0n) is 11.2. The highest BCUT2D eigenvalue weighted by atomic mass is 16.2.